The van der Waals surface area contributed by atoms with Crippen LogP contribution in [0.1, 0.15) is 54.9 Å². The Morgan fingerprint density at radius 1 is 1.24 bits per heavy atom. The minimum absolute atomic E-state index is 0.0277. The first kappa shape index (κ1) is 23.8. The first-order valence-electron chi connectivity index (χ1n) is 11.9. The lowest BCUT2D eigenvalue weighted by molar-refractivity contribution is -0.136. The van der Waals surface area contributed by atoms with Crippen molar-refractivity contribution in [2.45, 2.75) is 63.8 Å². The number of nitrogens with one attached hydrogen (secondary N) is 2. The first-order valence-corrected chi connectivity index (χ1v) is 11.9. The normalized spacial score (nSPS) is 25.4. The van der Waals surface area contributed by atoms with E-state index in [0.717, 1.165) is 36.1 Å². The summed E-state index contributed by atoms with van der Waals surface area (Å²) in [6.07, 6.45) is 13.2. The van der Waals surface area contributed by atoms with Crippen LogP contribution in [-0.2, 0) is 16.1 Å². The van der Waals surface area contributed by atoms with Gasteiger partial charge in [0.2, 0.25) is 11.8 Å². The Balaban J connectivity index is 1.38. The van der Waals surface area contributed by atoms with Gasteiger partial charge in [-0.2, -0.15) is 0 Å². The van der Waals surface area contributed by atoms with Crippen molar-refractivity contribution in [1.82, 2.24) is 15.5 Å². The van der Waals surface area contributed by atoms with E-state index in [2.05, 4.69) is 10.6 Å². The topological polar surface area (TPSA) is 114 Å². The lowest BCUT2D eigenvalue weighted by Gasteiger charge is -2.29. The second kappa shape index (κ2) is 10.7. The van der Waals surface area contributed by atoms with E-state index in [1.54, 1.807) is 17.2 Å². The van der Waals surface area contributed by atoms with Gasteiger partial charge in [-0.3, -0.25) is 19.7 Å². The maximum absolute atomic E-state index is 12.9. The number of ether oxygens (including phenoxy) is 1. The molecule has 0 aromatic heterocycles. The third-order valence-corrected chi connectivity index (χ3v) is 6.63. The zero-order chi connectivity index (χ0) is 24.1. The fraction of sp³-hybridized carbons (Fsp3) is 0.423. The summed E-state index contributed by atoms with van der Waals surface area (Å²) >= 11 is 0. The Morgan fingerprint density at radius 2 is 2.09 bits per heavy atom. The Kier molecular flexibility index (Phi) is 7.47. The highest BCUT2D eigenvalue weighted by Crippen LogP contribution is 2.32. The molecule has 34 heavy (non-hydrogen) atoms. The van der Waals surface area contributed by atoms with Crippen LogP contribution in [0.25, 0.3) is 0 Å². The molecule has 2 heterocycles. The predicted molar refractivity (Wildman–Crippen MR) is 129 cm³/mol. The minimum Gasteiger partial charge on any atom is -0.489 e. The van der Waals surface area contributed by atoms with Crippen molar-refractivity contribution in [3.63, 3.8) is 0 Å². The van der Waals surface area contributed by atoms with Gasteiger partial charge in [-0.1, -0.05) is 24.3 Å². The van der Waals surface area contributed by atoms with Crippen LogP contribution in [0.5, 0.6) is 5.75 Å². The molecule has 3 atom stereocenters. The number of rotatable bonds is 8. The van der Waals surface area contributed by atoms with Crippen molar-refractivity contribution in [3.05, 3.63) is 65.4 Å². The molecule has 3 aliphatic rings. The number of amides is 3. The van der Waals surface area contributed by atoms with Gasteiger partial charge in [0.1, 0.15) is 17.9 Å². The van der Waals surface area contributed by atoms with Gasteiger partial charge in [-0.25, -0.2) is 0 Å². The molecule has 4 N–H and O–H groups in total. The van der Waals surface area contributed by atoms with Gasteiger partial charge >= 0.3 is 0 Å². The highest BCUT2D eigenvalue weighted by Gasteiger charge is 2.39. The summed E-state index contributed by atoms with van der Waals surface area (Å²) in [5.74, 6) is -0.148. The molecule has 4 rings (SSSR count). The Morgan fingerprint density at radius 3 is 2.85 bits per heavy atom. The largest absolute Gasteiger partial charge is 0.489 e. The number of hydrogen-bond acceptors (Lipinski definition) is 6. The number of allylic oxidation sites excluding steroid dienone is 3. The molecule has 1 aromatic carbocycles. The number of carbonyl (C=O) groups excluding carboxylic acids is 3. The molecule has 1 saturated carbocycles. The summed E-state index contributed by atoms with van der Waals surface area (Å²) in [7, 11) is 0. The van der Waals surface area contributed by atoms with Crippen LogP contribution in [0.3, 0.4) is 0 Å². The van der Waals surface area contributed by atoms with Gasteiger partial charge < -0.3 is 20.7 Å². The summed E-state index contributed by atoms with van der Waals surface area (Å²) < 4.78 is 6.33. The van der Waals surface area contributed by atoms with Crippen LogP contribution in [0.4, 0.5) is 0 Å². The number of nitrogens with zero attached hydrogens (tertiary/aromatic N) is 1. The number of fused-ring (bicyclic) bond motifs is 1. The first-order chi connectivity index (χ1) is 16.5. The van der Waals surface area contributed by atoms with Crippen LogP contribution in [0, 0.1) is 0 Å². The molecule has 2 aliphatic heterocycles. The average molecular weight is 465 g/mol. The molecular weight excluding hydrogens is 432 g/mol. The third-order valence-electron chi connectivity index (χ3n) is 6.63. The fourth-order valence-corrected chi connectivity index (χ4v) is 4.81. The Labute approximate surface area is 199 Å². The van der Waals surface area contributed by atoms with E-state index in [9.17, 15) is 14.4 Å². The van der Waals surface area contributed by atoms with Crippen LogP contribution >= 0.6 is 0 Å². The van der Waals surface area contributed by atoms with E-state index in [4.69, 9.17) is 10.5 Å². The number of piperidine rings is 1. The number of benzene rings is 1. The molecular formula is C26H32N4O4. The second-order valence-corrected chi connectivity index (χ2v) is 8.92. The van der Waals surface area contributed by atoms with Crippen molar-refractivity contribution in [3.8, 4) is 5.75 Å². The zero-order valence-corrected chi connectivity index (χ0v) is 19.5. The van der Waals surface area contributed by atoms with Gasteiger partial charge in [0.15, 0.2) is 0 Å². The molecule has 180 valence electrons. The van der Waals surface area contributed by atoms with E-state index in [1.165, 1.54) is 0 Å². The highest BCUT2D eigenvalue weighted by molar-refractivity contribution is 6.05. The van der Waals surface area contributed by atoms with Gasteiger partial charge in [0, 0.05) is 31.1 Å². The molecule has 8 heteroatoms. The fourth-order valence-electron chi connectivity index (χ4n) is 4.81. The lowest BCUT2D eigenvalue weighted by Crippen LogP contribution is -2.52. The summed E-state index contributed by atoms with van der Waals surface area (Å²) in [6, 6.07) is 5.10. The van der Waals surface area contributed by atoms with Crippen molar-refractivity contribution >= 4 is 17.7 Å². The molecule has 8 nitrogen and oxygen atoms in total. The summed E-state index contributed by atoms with van der Waals surface area (Å²) in [6.45, 7) is 2.97. The van der Waals surface area contributed by atoms with E-state index in [0.29, 0.717) is 25.1 Å². The van der Waals surface area contributed by atoms with Crippen LogP contribution in [0.2, 0.25) is 0 Å². The monoisotopic (exact) mass is 464 g/mol. The molecule has 0 spiro atoms. The number of hydrogen-bond donors (Lipinski definition) is 3. The van der Waals surface area contributed by atoms with Crippen LogP contribution in [-0.4, -0.2) is 47.4 Å². The van der Waals surface area contributed by atoms with Crippen molar-refractivity contribution in [2.75, 3.05) is 6.54 Å². The standard InChI is InChI=1S/C26H32N4O4/c1-2-3-4-6-17(14-27)15-28-21-7-5-8-23(21)34-19-9-10-20-18(13-19)16-30(26(20)33)22-11-12-24(31)29-25(22)32/h2-4,6,9-10,13-14,21-23,28H,5,7-8,11-12,15-16,27H2,1H3,(H,29,31,32)/b3-2-,6-4-,17-14+/t21-,22?,23-/m0/s1. The molecule has 0 radical (unpaired) electrons. The summed E-state index contributed by atoms with van der Waals surface area (Å²) in [5, 5.41) is 5.90. The Bertz CT molecular complexity index is 1050. The smallest absolute Gasteiger partial charge is 0.255 e. The molecule has 1 aromatic rings. The molecule has 1 unspecified atom stereocenters. The number of carbonyl (C=O) groups is 3. The molecule has 3 amide bonds. The van der Waals surface area contributed by atoms with Gasteiger partial charge in [0.25, 0.3) is 5.91 Å². The van der Waals surface area contributed by atoms with Crippen molar-refractivity contribution in [1.29, 1.82) is 0 Å². The molecule has 0 bridgehead atoms. The average Bonchev–Trinajstić information content (AvgIpc) is 3.40. The molecule has 2 fully saturated rings. The number of imide groups is 1. The van der Waals surface area contributed by atoms with Crippen molar-refractivity contribution in [2.24, 2.45) is 5.73 Å². The maximum Gasteiger partial charge on any atom is 0.255 e. The SMILES string of the molecule is C\C=C/C=C\C(=C/N)CN[C@H]1CCC[C@@H]1Oc1ccc2c(c1)CN(C1CCC(=O)NC1=O)C2=O. The predicted octanol–water partition coefficient (Wildman–Crippen LogP) is 2.31. The van der Waals surface area contributed by atoms with Crippen LogP contribution in [0.15, 0.2) is 54.3 Å². The summed E-state index contributed by atoms with van der Waals surface area (Å²) in [5.41, 5.74) is 8.20. The van der Waals surface area contributed by atoms with Gasteiger partial charge in [0.05, 0.1) is 0 Å². The van der Waals surface area contributed by atoms with Gasteiger partial charge in [-0.15, -0.1) is 0 Å². The third kappa shape index (κ3) is 5.22. The lowest BCUT2D eigenvalue weighted by atomic mass is 10.0. The number of nitrogens with two attached hydrogens (primary N) is 1. The maximum atomic E-state index is 12.9. The van der Waals surface area contributed by atoms with E-state index >= 15 is 0 Å². The van der Waals surface area contributed by atoms with E-state index < -0.39 is 11.9 Å². The zero-order valence-electron chi connectivity index (χ0n) is 19.5. The van der Waals surface area contributed by atoms with Crippen LogP contribution < -0.4 is 21.1 Å². The highest BCUT2D eigenvalue weighted by atomic mass is 16.5. The minimum atomic E-state index is -0.614. The quantitative estimate of drug-likeness (QED) is 0.402. The van der Waals surface area contributed by atoms with Gasteiger partial charge in [-0.05, 0) is 68.1 Å². The second-order valence-electron chi connectivity index (χ2n) is 8.92. The summed E-state index contributed by atoms with van der Waals surface area (Å²) in [4.78, 5) is 38.1. The Hall–Kier alpha value is -3.39. The van der Waals surface area contributed by atoms with Crippen molar-refractivity contribution < 1.29 is 19.1 Å². The van der Waals surface area contributed by atoms with E-state index in [-0.39, 0.29) is 30.4 Å². The molecule has 1 aliphatic carbocycles. The van der Waals surface area contributed by atoms with E-state index in [1.807, 2.05) is 43.4 Å². The molecule has 1 saturated heterocycles.